The zero-order valence-electron chi connectivity index (χ0n) is 12.8. The topological polar surface area (TPSA) is 26.7 Å². The third-order valence-corrected chi connectivity index (χ3v) is 3.93. The lowest BCUT2D eigenvalue weighted by Gasteiger charge is -2.28. The Labute approximate surface area is 126 Å². The predicted octanol–water partition coefficient (Wildman–Crippen LogP) is 1.70. The van der Waals surface area contributed by atoms with Gasteiger partial charge in [0.25, 0.3) is 0 Å². The summed E-state index contributed by atoms with van der Waals surface area (Å²) in [7, 11) is 2.15. The standard InChI is InChI=1S/C17H23FN2O/c1-14-12-19(2)8-4-9-20(14)13-16-6-7-17(18)11-15(16)5-3-10-21/h6-7,11,14,21H,4,8-10,12-13H2,1-2H3. The average molecular weight is 290 g/mol. The van der Waals surface area contributed by atoms with Gasteiger partial charge < -0.3 is 10.0 Å². The fourth-order valence-electron chi connectivity index (χ4n) is 2.81. The van der Waals surface area contributed by atoms with E-state index >= 15 is 0 Å². The number of aliphatic hydroxyl groups is 1. The number of benzene rings is 1. The van der Waals surface area contributed by atoms with E-state index in [9.17, 15) is 4.39 Å². The van der Waals surface area contributed by atoms with Crippen LogP contribution in [0.2, 0.25) is 0 Å². The van der Waals surface area contributed by atoms with E-state index in [0.717, 1.165) is 38.2 Å². The molecule has 1 aliphatic rings. The summed E-state index contributed by atoms with van der Waals surface area (Å²) >= 11 is 0. The van der Waals surface area contributed by atoms with Crippen molar-refractivity contribution in [2.24, 2.45) is 0 Å². The Hall–Kier alpha value is -1.41. The van der Waals surface area contributed by atoms with Crippen molar-refractivity contribution in [1.29, 1.82) is 0 Å². The first-order valence-electron chi connectivity index (χ1n) is 7.41. The highest BCUT2D eigenvalue weighted by molar-refractivity contribution is 5.41. The fourth-order valence-corrected chi connectivity index (χ4v) is 2.81. The minimum Gasteiger partial charge on any atom is -0.384 e. The van der Waals surface area contributed by atoms with Crippen LogP contribution in [0.1, 0.15) is 24.5 Å². The summed E-state index contributed by atoms with van der Waals surface area (Å²) in [6, 6.07) is 5.19. The molecule has 21 heavy (non-hydrogen) atoms. The van der Waals surface area contributed by atoms with Crippen molar-refractivity contribution in [3.8, 4) is 11.8 Å². The number of rotatable bonds is 2. The van der Waals surface area contributed by atoms with Crippen LogP contribution in [0.3, 0.4) is 0 Å². The molecule has 0 spiro atoms. The largest absolute Gasteiger partial charge is 0.384 e. The molecular formula is C17H23FN2O. The highest BCUT2D eigenvalue weighted by Gasteiger charge is 2.20. The highest BCUT2D eigenvalue weighted by Crippen LogP contribution is 2.17. The second-order valence-corrected chi connectivity index (χ2v) is 5.70. The van der Waals surface area contributed by atoms with Gasteiger partial charge in [-0.3, -0.25) is 4.90 Å². The van der Waals surface area contributed by atoms with Crippen molar-refractivity contribution in [3.63, 3.8) is 0 Å². The Kier molecular flexibility index (Phi) is 5.75. The number of halogens is 1. The Morgan fingerprint density at radius 1 is 1.38 bits per heavy atom. The smallest absolute Gasteiger partial charge is 0.124 e. The molecule has 1 N–H and O–H groups in total. The van der Waals surface area contributed by atoms with Gasteiger partial charge in [-0.2, -0.15) is 0 Å². The van der Waals surface area contributed by atoms with Crippen LogP contribution < -0.4 is 0 Å². The predicted molar refractivity (Wildman–Crippen MR) is 82.3 cm³/mol. The molecule has 1 aromatic carbocycles. The maximum atomic E-state index is 13.4. The molecule has 1 unspecified atom stereocenters. The Bertz CT molecular complexity index is 535. The van der Waals surface area contributed by atoms with E-state index in [-0.39, 0.29) is 12.4 Å². The van der Waals surface area contributed by atoms with Gasteiger partial charge in [-0.05, 0) is 44.6 Å². The highest BCUT2D eigenvalue weighted by atomic mass is 19.1. The van der Waals surface area contributed by atoms with Gasteiger partial charge in [-0.25, -0.2) is 4.39 Å². The van der Waals surface area contributed by atoms with Gasteiger partial charge in [0.2, 0.25) is 0 Å². The molecule has 0 radical (unpaired) electrons. The maximum Gasteiger partial charge on any atom is 0.124 e. The third kappa shape index (κ3) is 4.53. The zero-order chi connectivity index (χ0) is 15.2. The van der Waals surface area contributed by atoms with Gasteiger partial charge in [0.1, 0.15) is 12.4 Å². The van der Waals surface area contributed by atoms with Crippen molar-refractivity contribution in [2.45, 2.75) is 25.9 Å². The summed E-state index contributed by atoms with van der Waals surface area (Å²) in [5, 5.41) is 8.83. The molecule has 3 nitrogen and oxygen atoms in total. The van der Waals surface area contributed by atoms with E-state index < -0.39 is 0 Å². The molecule has 2 rings (SSSR count). The Morgan fingerprint density at radius 3 is 2.95 bits per heavy atom. The van der Waals surface area contributed by atoms with Crippen LogP contribution in [0.5, 0.6) is 0 Å². The summed E-state index contributed by atoms with van der Waals surface area (Å²) in [5.41, 5.74) is 1.70. The summed E-state index contributed by atoms with van der Waals surface area (Å²) in [6.45, 7) is 5.98. The van der Waals surface area contributed by atoms with Crippen LogP contribution in [-0.4, -0.2) is 54.2 Å². The second kappa shape index (κ2) is 7.56. The number of likely N-dealkylation sites (N-methyl/N-ethyl adjacent to an activating group) is 1. The molecule has 1 atom stereocenters. The summed E-state index contributed by atoms with van der Waals surface area (Å²) in [5.74, 6) is 5.18. The summed E-state index contributed by atoms with van der Waals surface area (Å²) in [6.07, 6.45) is 1.14. The van der Waals surface area contributed by atoms with Crippen LogP contribution in [0.25, 0.3) is 0 Å². The lowest BCUT2D eigenvalue weighted by atomic mass is 10.1. The van der Waals surface area contributed by atoms with E-state index in [1.165, 1.54) is 12.1 Å². The molecule has 0 aliphatic carbocycles. The van der Waals surface area contributed by atoms with Crippen LogP contribution in [0.4, 0.5) is 4.39 Å². The van der Waals surface area contributed by atoms with Crippen LogP contribution in [-0.2, 0) is 6.54 Å². The van der Waals surface area contributed by atoms with Crippen molar-refractivity contribution in [3.05, 3.63) is 35.1 Å². The fraction of sp³-hybridized carbons (Fsp3) is 0.529. The molecule has 0 saturated carbocycles. The molecule has 1 saturated heterocycles. The summed E-state index contributed by atoms with van der Waals surface area (Å²) < 4.78 is 13.4. The minimum absolute atomic E-state index is 0.207. The first-order chi connectivity index (χ1) is 10.1. The van der Waals surface area contributed by atoms with Crippen molar-refractivity contribution in [1.82, 2.24) is 9.80 Å². The van der Waals surface area contributed by atoms with E-state index in [2.05, 4.69) is 35.6 Å². The van der Waals surface area contributed by atoms with Gasteiger partial charge in [0.05, 0.1) is 0 Å². The Balaban J connectivity index is 2.18. The van der Waals surface area contributed by atoms with Crippen LogP contribution in [0.15, 0.2) is 18.2 Å². The number of hydrogen-bond acceptors (Lipinski definition) is 3. The van der Waals surface area contributed by atoms with Gasteiger partial charge >= 0.3 is 0 Å². The van der Waals surface area contributed by atoms with Gasteiger partial charge in [0, 0.05) is 31.2 Å². The second-order valence-electron chi connectivity index (χ2n) is 5.70. The minimum atomic E-state index is -0.287. The molecule has 1 aliphatic heterocycles. The van der Waals surface area contributed by atoms with Crippen LogP contribution >= 0.6 is 0 Å². The average Bonchev–Trinajstić information content (AvgIpc) is 2.60. The lowest BCUT2D eigenvalue weighted by Crippen LogP contribution is -2.37. The lowest BCUT2D eigenvalue weighted by molar-refractivity contribution is 0.194. The van der Waals surface area contributed by atoms with Crippen LogP contribution in [0, 0.1) is 17.7 Å². The van der Waals surface area contributed by atoms with E-state index in [1.54, 1.807) is 6.07 Å². The molecule has 1 fully saturated rings. The number of hydrogen-bond donors (Lipinski definition) is 1. The summed E-state index contributed by atoms with van der Waals surface area (Å²) in [4.78, 5) is 4.77. The molecule has 4 heteroatoms. The molecule has 0 bridgehead atoms. The molecular weight excluding hydrogens is 267 g/mol. The van der Waals surface area contributed by atoms with Gasteiger partial charge in [-0.15, -0.1) is 0 Å². The molecule has 114 valence electrons. The molecule has 0 aromatic heterocycles. The van der Waals surface area contributed by atoms with E-state index in [0.29, 0.717) is 11.6 Å². The molecule has 1 aromatic rings. The van der Waals surface area contributed by atoms with E-state index in [1.807, 2.05) is 0 Å². The quantitative estimate of drug-likeness (QED) is 0.840. The third-order valence-electron chi connectivity index (χ3n) is 3.93. The maximum absolute atomic E-state index is 13.4. The molecule has 0 amide bonds. The SMILES string of the molecule is CC1CN(C)CCCN1Cc1ccc(F)cc1C#CCO. The zero-order valence-corrected chi connectivity index (χ0v) is 12.8. The monoisotopic (exact) mass is 290 g/mol. The Morgan fingerprint density at radius 2 is 2.19 bits per heavy atom. The van der Waals surface area contributed by atoms with Gasteiger partial charge in [0.15, 0.2) is 0 Å². The van der Waals surface area contributed by atoms with Crippen molar-refractivity contribution in [2.75, 3.05) is 33.3 Å². The van der Waals surface area contributed by atoms with Crippen molar-refractivity contribution >= 4 is 0 Å². The number of nitrogens with zero attached hydrogens (tertiary/aromatic N) is 2. The normalized spacial score (nSPS) is 20.7. The van der Waals surface area contributed by atoms with E-state index in [4.69, 9.17) is 5.11 Å². The number of aliphatic hydroxyl groups excluding tert-OH is 1. The first kappa shape index (κ1) is 16.0. The molecule has 1 heterocycles. The van der Waals surface area contributed by atoms with Crippen molar-refractivity contribution < 1.29 is 9.50 Å². The first-order valence-corrected chi connectivity index (χ1v) is 7.41. The van der Waals surface area contributed by atoms with Gasteiger partial charge in [-0.1, -0.05) is 17.9 Å².